The fourth-order valence-corrected chi connectivity index (χ4v) is 1.94. The van der Waals surface area contributed by atoms with E-state index in [2.05, 4.69) is 18.0 Å². The van der Waals surface area contributed by atoms with E-state index in [1.54, 1.807) is 6.20 Å². The molecule has 0 saturated heterocycles. The molecular weight excluding hydrogens is 210 g/mol. The molecule has 1 atom stereocenters. The number of hydrogen-bond donors (Lipinski definition) is 1. The van der Waals surface area contributed by atoms with E-state index in [1.807, 2.05) is 37.3 Å². The molecule has 2 rings (SSSR count). The molecule has 2 aromatic rings. The SMILES string of the molecule is CCc1ccccc1C(O)c1ccc(C)nc1. The largest absolute Gasteiger partial charge is 0.384 e. The van der Waals surface area contributed by atoms with Crippen LogP contribution in [0.3, 0.4) is 0 Å². The summed E-state index contributed by atoms with van der Waals surface area (Å²) in [7, 11) is 0. The molecule has 1 aromatic carbocycles. The van der Waals surface area contributed by atoms with Gasteiger partial charge in [-0.05, 0) is 30.5 Å². The lowest BCUT2D eigenvalue weighted by atomic mass is 9.96. The Balaban J connectivity index is 2.36. The number of aryl methyl sites for hydroxylation is 2. The van der Waals surface area contributed by atoms with Gasteiger partial charge in [-0.2, -0.15) is 0 Å². The van der Waals surface area contributed by atoms with Gasteiger partial charge in [0, 0.05) is 17.5 Å². The third kappa shape index (κ3) is 2.53. The molecule has 0 aliphatic rings. The van der Waals surface area contributed by atoms with E-state index in [0.29, 0.717) is 0 Å². The Labute approximate surface area is 102 Å². The van der Waals surface area contributed by atoms with E-state index >= 15 is 0 Å². The van der Waals surface area contributed by atoms with Crippen LogP contribution >= 0.6 is 0 Å². The fourth-order valence-electron chi connectivity index (χ4n) is 1.94. The van der Waals surface area contributed by atoms with E-state index < -0.39 is 6.10 Å². The van der Waals surface area contributed by atoms with E-state index in [9.17, 15) is 5.11 Å². The van der Waals surface area contributed by atoms with Gasteiger partial charge in [-0.3, -0.25) is 4.98 Å². The lowest BCUT2D eigenvalue weighted by Crippen LogP contribution is -2.03. The Hall–Kier alpha value is -1.67. The summed E-state index contributed by atoms with van der Waals surface area (Å²) in [5, 5.41) is 10.4. The molecule has 0 spiro atoms. The number of aromatic nitrogens is 1. The first-order valence-electron chi connectivity index (χ1n) is 5.90. The van der Waals surface area contributed by atoms with Crippen molar-refractivity contribution in [2.75, 3.05) is 0 Å². The van der Waals surface area contributed by atoms with Crippen molar-refractivity contribution in [2.45, 2.75) is 26.4 Å². The number of pyridine rings is 1. The van der Waals surface area contributed by atoms with Crippen LogP contribution in [0.15, 0.2) is 42.6 Å². The maximum absolute atomic E-state index is 10.4. The van der Waals surface area contributed by atoms with Gasteiger partial charge in [0.25, 0.3) is 0 Å². The van der Waals surface area contributed by atoms with Crippen molar-refractivity contribution in [2.24, 2.45) is 0 Å². The average Bonchev–Trinajstić information content (AvgIpc) is 2.39. The lowest BCUT2D eigenvalue weighted by Gasteiger charge is -2.15. The number of hydrogen-bond acceptors (Lipinski definition) is 2. The Morgan fingerprint density at radius 3 is 2.59 bits per heavy atom. The summed E-state index contributed by atoms with van der Waals surface area (Å²) < 4.78 is 0. The molecule has 1 aromatic heterocycles. The van der Waals surface area contributed by atoms with E-state index in [0.717, 1.165) is 23.2 Å². The van der Waals surface area contributed by atoms with E-state index in [4.69, 9.17) is 0 Å². The van der Waals surface area contributed by atoms with Crippen molar-refractivity contribution in [3.63, 3.8) is 0 Å². The first-order chi connectivity index (χ1) is 8.22. The number of aliphatic hydroxyl groups excluding tert-OH is 1. The van der Waals surface area contributed by atoms with Crippen LogP contribution < -0.4 is 0 Å². The van der Waals surface area contributed by atoms with Crippen molar-refractivity contribution in [3.05, 3.63) is 65.0 Å². The third-order valence-electron chi connectivity index (χ3n) is 2.98. The topological polar surface area (TPSA) is 33.1 Å². The summed E-state index contributed by atoms with van der Waals surface area (Å²) in [4.78, 5) is 4.22. The van der Waals surface area contributed by atoms with Gasteiger partial charge in [-0.1, -0.05) is 37.3 Å². The predicted octanol–water partition coefficient (Wildman–Crippen LogP) is 3.03. The molecule has 88 valence electrons. The molecule has 0 bridgehead atoms. The number of nitrogens with zero attached hydrogens (tertiary/aromatic N) is 1. The molecule has 0 amide bonds. The second kappa shape index (κ2) is 5.11. The maximum Gasteiger partial charge on any atom is 0.106 e. The van der Waals surface area contributed by atoms with Gasteiger partial charge in [0.1, 0.15) is 6.10 Å². The van der Waals surface area contributed by atoms with Crippen LogP contribution in [-0.4, -0.2) is 10.1 Å². The van der Waals surface area contributed by atoms with Crippen LogP contribution in [0.1, 0.15) is 35.4 Å². The van der Waals surface area contributed by atoms with Gasteiger partial charge in [0.05, 0.1) is 0 Å². The molecule has 1 N–H and O–H groups in total. The van der Waals surface area contributed by atoms with Crippen LogP contribution in [0.5, 0.6) is 0 Å². The van der Waals surface area contributed by atoms with Gasteiger partial charge < -0.3 is 5.11 Å². The van der Waals surface area contributed by atoms with Gasteiger partial charge >= 0.3 is 0 Å². The first kappa shape index (κ1) is 11.8. The van der Waals surface area contributed by atoms with Crippen molar-refractivity contribution in [1.29, 1.82) is 0 Å². The Kier molecular flexibility index (Phi) is 3.55. The van der Waals surface area contributed by atoms with Crippen molar-refractivity contribution in [1.82, 2.24) is 4.98 Å². The third-order valence-corrected chi connectivity index (χ3v) is 2.98. The molecule has 0 fully saturated rings. The smallest absolute Gasteiger partial charge is 0.106 e. The normalized spacial score (nSPS) is 12.4. The van der Waals surface area contributed by atoms with E-state index in [1.165, 1.54) is 5.56 Å². The Bertz CT molecular complexity index is 491. The molecule has 2 nitrogen and oxygen atoms in total. The summed E-state index contributed by atoms with van der Waals surface area (Å²) in [5.74, 6) is 0. The highest BCUT2D eigenvalue weighted by molar-refractivity contribution is 5.35. The van der Waals surface area contributed by atoms with Gasteiger partial charge in [-0.25, -0.2) is 0 Å². The minimum Gasteiger partial charge on any atom is -0.384 e. The fraction of sp³-hybridized carbons (Fsp3) is 0.267. The lowest BCUT2D eigenvalue weighted by molar-refractivity contribution is 0.219. The Morgan fingerprint density at radius 1 is 1.18 bits per heavy atom. The monoisotopic (exact) mass is 227 g/mol. The summed E-state index contributed by atoms with van der Waals surface area (Å²) >= 11 is 0. The van der Waals surface area contributed by atoms with Crippen LogP contribution in [0, 0.1) is 6.92 Å². The predicted molar refractivity (Wildman–Crippen MR) is 68.9 cm³/mol. The molecule has 0 aliphatic heterocycles. The quantitative estimate of drug-likeness (QED) is 0.874. The van der Waals surface area contributed by atoms with Gasteiger partial charge in [-0.15, -0.1) is 0 Å². The van der Waals surface area contributed by atoms with Crippen LogP contribution in [0.25, 0.3) is 0 Å². The zero-order valence-electron chi connectivity index (χ0n) is 10.2. The molecule has 1 unspecified atom stereocenters. The standard InChI is InChI=1S/C15H17NO/c1-3-12-6-4-5-7-14(12)15(17)13-9-8-11(2)16-10-13/h4-10,15,17H,3H2,1-2H3. The highest BCUT2D eigenvalue weighted by Gasteiger charge is 2.13. The summed E-state index contributed by atoms with van der Waals surface area (Å²) in [6.45, 7) is 4.04. The molecule has 17 heavy (non-hydrogen) atoms. The van der Waals surface area contributed by atoms with Crippen LogP contribution in [-0.2, 0) is 6.42 Å². The Morgan fingerprint density at radius 2 is 1.94 bits per heavy atom. The number of aliphatic hydroxyl groups is 1. The second-order valence-electron chi connectivity index (χ2n) is 4.19. The first-order valence-corrected chi connectivity index (χ1v) is 5.90. The van der Waals surface area contributed by atoms with Crippen molar-refractivity contribution < 1.29 is 5.11 Å². The molecule has 0 radical (unpaired) electrons. The number of benzene rings is 1. The van der Waals surface area contributed by atoms with Crippen LogP contribution in [0.2, 0.25) is 0 Å². The zero-order valence-corrected chi connectivity index (χ0v) is 10.2. The maximum atomic E-state index is 10.4. The molecule has 0 saturated carbocycles. The minimum absolute atomic E-state index is 0.584. The van der Waals surface area contributed by atoms with Crippen molar-refractivity contribution >= 4 is 0 Å². The van der Waals surface area contributed by atoms with Crippen molar-refractivity contribution in [3.8, 4) is 0 Å². The van der Waals surface area contributed by atoms with Gasteiger partial charge in [0.2, 0.25) is 0 Å². The molecule has 0 aliphatic carbocycles. The number of rotatable bonds is 3. The van der Waals surface area contributed by atoms with Gasteiger partial charge in [0.15, 0.2) is 0 Å². The van der Waals surface area contributed by atoms with E-state index in [-0.39, 0.29) is 0 Å². The summed E-state index contributed by atoms with van der Waals surface area (Å²) in [5.41, 5.74) is 3.96. The van der Waals surface area contributed by atoms with Crippen LogP contribution in [0.4, 0.5) is 0 Å². The molecule has 2 heteroatoms. The highest BCUT2D eigenvalue weighted by atomic mass is 16.3. The minimum atomic E-state index is -0.584. The highest BCUT2D eigenvalue weighted by Crippen LogP contribution is 2.24. The summed E-state index contributed by atoms with van der Waals surface area (Å²) in [6.07, 6.45) is 2.08. The molecular formula is C15H17NO. The average molecular weight is 227 g/mol. The zero-order chi connectivity index (χ0) is 12.3. The molecule has 1 heterocycles. The summed E-state index contributed by atoms with van der Waals surface area (Å²) in [6, 6.07) is 11.8. The second-order valence-corrected chi connectivity index (χ2v) is 4.19.